The van der Waals surface area contributed by atoms with Gasteiger partial charge in [-0.3, -0.25) is 9.88 Å². The maximum atomic E-state index is 14.2. The Morgan fingerprint density at radius 2 is 1.48 bits per heavy atom. The van der Waals surface area contributed by atoms with E-state index in [9.17, 15) is 4.79 Å². The number of ether oxygens (including phenoxy) is 4. The molecule has 2 fully saturated rings. The third-order valence-electron chi connectivity index (χ3n) is 13.1. The second-order valence-electron chi connectivity index (χ2n) is 23.8. The summed E-state index contributed by atoms with van der Waals surface area (Å²) in [4.78, 5) is 28.8. The molecule has 65 heavy (non-hydrogen) atoms. The highest BCUT2D eigenvalue weighted by Crippen LogP contribution is 2.49. The Kier molecular flexibility index (Phi) is 15.9. The highest BCUT2D eigenvalue weighted by molar-refractivity contribution is 6.76. The average Bonchev–Trinajstić information content (AvgIpc) is 3.72. The molecular formula is C52H82N6O5Si2. The number of anilines is 1. The van der Waals surface area contributed by atoms with Crippen LogP contribution in [-0.4, -0.2) is 103 Å². The van der Waals surface area contributed by atoms with Crippen molar-refractivity contribution in [2.75, 3.05) is 31.6 Å². The van der Waals surface area contributed by atoms with E-state index in [1.54, 1.807) is 0 Å². The molecular weight excluding hydrogens is 845 g/mol. The number of fused-ring (bicyclic) bond motifs is 3. The van der Waals surface area contributed by atoms with Crippen molar-refractivity contribution >= 4 is 33.7 Å². The van der Waals surface area contributed by atoms with Crippen molar-refractivity contribution in [2.24, 2.45) is 11.3 Å². The van der Waals surface area contributed by atoms with E-state index in [4.69, 9.17) is 34.0 Å². The van der Waals surface area contributed by atoms with Crippen molar-refractivity contribution in [3.8, 4) is 22.4 Å². The predicted molar refractivity (Wildman–Crippen MR) is 271 cm³/mol. The number of rotatable bonds is 19. The fraction of sp³-hybridized carbons (Fsp3) is 0.654. The summed E-state index contributed by atoms with van der Waals surface area (Å²) in [5.74, 6) is 1.25. The number of nitrogens with zero attached hydrogens (tertiary/aromatic N) is 6. The molecule has 6 rings (SSSR count). The number of aromatic nitrogens is 4. The number of hydrogen-bond donors (Lipinski definition) is 0. The lowest BCUT2D eigenvalue weighted by Crippen LogP contribution is -2.52. The number of carbonyl (C=O) groups excluding carboxylic acids is 1. The Hall–Kier alpha value is -3.63. The number of hydrogen-bond acceptors (Lipinski definition) is 9. The normalized spacial score (nSPS) is 20.1. The van der Waals surface area contributed by atoms with E-state index in [1.807, 2.05) is 60.8 Å². The van der Waals surface area contributed by atoms with E-state index in [0.29, 0.717) is 39.0 Å². The van der Waals surface area contributed by atoms with Crippen LogP contribution in [-0.2, 0) is 18.9 Å². The van der Waals surface area contributed by atoms with Crippen LogP contribution in [0.3, 0.4) is 0 Å². The highest BCUT2D eigenvalue weighted by Gasteiger charge is 2.53. The summed E-state index contributed by atoms with van der Waals surface area (Å²) in [5, 5.41) is 5.03. The minimum atomic E-state index is -1.32. The Labute approximate surface area is 393 Å². The minimum Gasteiger partial charge on any atom is -0.444 e. The van der Waals surface area contributed by atoms with E-state index in [0.717, 1.165) is 77.3 Å². The molecule has 2 aliphatic rings. The molecule has 0 saturated carbocycles. The summed E-state index contributed by atoms with van der Waals surface area (Å²) in [6.07, 6.45) is 7.78. The first-order chi connectivity index (χ1) is 30.3. The molecule has 0 aliphatic carbocycles. The first kappa shape index (κ1) is 50.8. The van der Waals surface area contributed by atoms with Gasteiger partial charge in [0, 0.05) is 76.0 Å². The first-order valence-electron chi connectivity index (χ1n) is 24.3. The molecule has 1 aromatic carbocycles. The van der Waals surface area contributed by atoms with Crippen LogP contribution in [0.25, 0.3) is 28.0 Å². The molecule has 5 atom stereocenters. The van der Waals surface area contributed by atoms with Gasteiger partial charge in [0.25, 0.3) is 0 Å². The van der Waals surface area contributed by atoms with E-state index in [-0.39, 0.29) is 35.6 Å². The average molecular weight is 927 g/mol. The molecule has 3 aromatic heterocycles. The molecule has 2 saturated heterocycles. The zero-order valence-electron chi connectivity index (χ0n) is 42.7. The van der Waals surface area contributed by atoms with Gasteiger partial charge in [0.1, 0.15) is 24.9 Å². The SMILES string of the molecule is CCCC(C(C)(C)C)C(C)(C)OC1C[C@@H]2CC(c3cc(N(COCC[Si](C)(C)C)COCC[Si](C)(C)C)n4ncc(-c5ccc(-c6ccccc6)nc5)c4n3)CC1N2C(=O)OC(C)(C)C. The lowest BCUT2D eigenvalue weighted by molar-refractivity contribution is -0.139. The van der Waals surface area contributed by atoms with Crippen LogP contribution in [0.4, 0.5) is 10.6 Å². The fourth-order valence-electron chi connectivity index (χ4n) is 9.94. The zero-order valence-corrected chi connectivity index (χ0v) is 44.7. The molecule has 4 aromatic rings. The predicted octanol–water partition coefficient (Wildman–Crippen LogP) is 12.8. The number of pyridine rings is 1. The molecule has 11 nitrogen and oxygen atoms in total. The topological polar surface area (TPSA) is 104 Å². The number of piperidine rings is 1. The van der Waals surface area contributed by atoms with Crippen molar-refractivity contribution in [3.63, 3.8) is 0 Å². The van der Waals surface area contributed by atoms with Gasteiger partial charge in [0.05, 0.1) is 29.6 Å². The third-order valence-corrected chi connectivity index (χ3v) is 16.5. The van der Waals surface area contributed by atoms with E-state index in [1.165, 1.54) is 0 Å². The van der Waals surface area contributed by atoms with Crippen molar-refractivity contribution in [3.05, 3.63) is 66.6 Å². The van der Waals surface area contributed by atoms with E-state index in [2.05, 4.69) is 116 Å². The Balaban J connectivity index is 1.42. The Morgan fingerprint density at radius 3 is 2.03 bits per heavy atom. The number of benzene rings is 1. The molecule has 13 heteroatoms. The van der Waals surface area contributed by atoms with Crippen LogP contribution < -0.4 is 4.90 Å². The van der Waals surface area contributed by atoms with Crippen LogP contribution in [0, 0.1) is 11.3 Å². The minimum absolute atomic E-state index is 0.0435. The van der Waals surface area contributed by atoms with Gasteiger partial charge in [-0.25, -0.2) is 9.78 Å². The van der Waals surface area contributed by atoms with Crippen LogP contribution in [0.2, 0.25) is 51.4 Å². The second kappa shape index (κ2) is 20.3. The molecule has 5 heterocycles. The molecule has 2 bridgehead atoms. The molecule has 4 unspecified atom stereocenters. The van der Waals surface area contributed by atoms with Crippen LogP contribution >= 0.6 is 0 Å². The molecule has 358 valence electrons. The third kappa shape index (κ3) is 13.3. The summed E-state index contributed by atoms with van der Waals surface area (Å²) >= 11 is 0. The van der Waals surface area contributed by atoms with Gasteiger partial charge in [-0.15, -0.1) is 0 Å². The van der Waals surface area contributed by atoms with Crippen molar-refractivity contribution in [1.82, 2.24) is 24.5 Å². The van der Waals surface area contributed by atoms with E-state index >= 15 is 0 Å². The summed E-state index contributed by atoms with van der Waals surface area (Å²) in [7, 11) is -2.64. The smallest absolute Gasteiger partial charge is 0.410 e. The maximum absolute atomic E-state index is 14.2. The molecule has 0 spiro atoms. The lowest BCUT2D eigenvalue weighted by atomic mass is 9.69. The monoisotopic (exact) mass is 927 g/mol. The Morgan fingerprint density at radius 1 is 0.831 bits per heavy atom. The van der Waals surface area contributed by atoms with Crippen molar-refractivity contribution in [2.45, 2.75) is 181 Å². The van der Waals surface area contributed by atoms with Gasteiger partial charge in [-0.1, -0.05) is 110 Å². The molecule has 0 N–H and O–H groups in total. The summed E-state index contributed by atoms with van der Waals surface area (Å²) in [6, 6.07) is 18.5. The van der Waals surface area contributed by atoms with Gasteiger partial charge in [0.2, 0.25) is 0 Å². The zero-order chi connectivity index (χ0) is 47.5. The van der Waals surface area contributed by atoms with E-state index < -0.39 is 27.3 Å². The summed E-state index contributed by atoms with van der Waals surface area (Å²) in [5.41, 5.74) is 4.57. The quantitative estimate of drug-likeness (QED) is 0.0516. The van der Waals surface area contributed by atoms with Crippen LogP contribution in [0.15, 0.2) is 60.9 Å². The largest absolute Gasteiger partial charge is 0.444 e. The summed E-state index contributed by atoms with van der Waals surface area (Å²) in [6.45, 7) is 35.9. The van der Waals surface area contributed by atoms with Gasteiger partial charge >= 0.3 is 6.09 Å². The number of amides is 1. The first-order valence-corrected chi connectivity index (χ1v) is 31.7. The highest BCUT2D eigenvalue weighted by atomic mass is 28.3. The lowest BCUT2D eigenvalue weighted by Gasteiger charge is -2.45. The van der Waals surface area contributed by atoms with Gasteiger partial charge in [0.15, 0.2) is 5.65 Å². The molecule has 0 radical (unpaired) electrons. The second-order valence-corrected chi connectivity index (χ2v) is 35.1. The van der Waals surface area contributed by atoms with Gasteiger partial charge < -0.3 is 23.8 Å². The van der Waals surface area contributed by atoms with Crippen molar-refractivity contribution < 1.29 is 23.7 Å². The molecule has 1 amide bonds. The van der Waals surface area contributed by atoms with Gasteiger partial charge in [-0.2, -0.15) is 9.61 Å². The summed E-state index contributed by atoms with van der Waals surface area (Å²) < 4.78 is 28.4. The molecule has 2 aliphatic heterocycles. The maximum Gasteiger partial charge on any atom is 0.410 e. The van der Waals surface area contributed by atoms with Crippen molar-refractivity contribution in [1.29, 1.82) is 0 Å². The Bertz CT molecular complexity index is 2150. The standard InChI is InChI=1S/C52H82N6O5Si2/c1-16-20-46(50(2,3)4)52(8,9)62-45-31-40-29-39(30-44(45)57(40)49(59)63-51(5,6)7)43-32-47(56(35-60-25-27-64(10,11)12)36-61-26-28-65(13,14)15)58-48(55-43)41(34-54-58)38-23-24-42(53-33-38)37-21-18-17-19-22-37/h17-19,21-24,32-34,39-40,44-46H,16,20,25-31,35-36H2,1-15H3/t39?,40-,44?,45?,46?/m0/s1. The van der Waals surface area contributed by atoms with Crippen LogP contribution in [0.5, 0.6) is 0 Å². The van der Waals surface area contributed by atoms with Gasteiger partial charge in [-0.05, 0) is 89.8 Å². The number of carbonyl (C=O) groups is 1. The van der Waals surface area contributed by atoms with Crippen LogP contribution in [0.1, 0.15) is 106 Å². The fourth-order valence-corrected chi connectivity index (χ4v) is 11.5.